The van der Waals surface area contributed by atoms with Crippen LogP contribution in [0.15, 0.2) is 42.5 Å². The quantitative estimate of drug-likeness (QED) is 0.540. The summed E-state index contributed by atoms with van der Waals surface area (Å²) in [5.41, 5.74) is 3.17. The highest BCUT2D eigenvalue weighted by Gasteiger charge is 2.40. The molecule has 1 N–H and O–H groups in total. The number of piperidine rings is 1. The summed E-state index contributed by atoms with van der Waals surface area (Å²) in [6.07, 6.45) is -1.91. The van der Waals surface area contributed by atoms with E-state index in [2.05, 4.69) is 10.2 Å². The zero-order chi connectivity index (χ0) is 27.6. The third-order valence-electron chi connectivity index (χ3n) is 7.90. The Kier molecular flexibility index (Phi) is 7.93. The van der Waals surface area contributed by atoms with Crippen LogP contribution in [0.25, 0.3) is 0 Å². The second kappa shape index (κ2) is 11.4. The molecule has 39 heavy (non-hydrogen) atoms. The number of benzene rings is 2. The second-order valence-electron chi connectivity index (χ2n) is 10.6. The molecule has 3 heterocycles. The van der Waals surface area contributed by atoms with Crippen molar-refractivity contribution in [1.29, 1.82) is 0 Å². The van der Waals surface area contributed by atoms with Crippen molar-refractivity contribution in [3.63, 3.8) is 0 Å². The zero-order valence-corrected chi connectivity index (χ0v) is 21.6. The lowest BCUT2D eigenvalue weighted by molar-refractivity contribution is -0.180. The molecule has 10 heteroatoms. The van der Waals surface area contributed by atoms with Gasteiger partial charge in [-0.25, -0.2) is 0 Å². The number of carbonyl (C=O) groups is 3. The van der Waals surface area contributed by atoms with Crippen molar-refractivity contribution < 1.29 is 32.3 Å². The molecule has 0 aromatic heterocycles. The van der Waals surface area contributed by atoms with E-state index in [1.165, 1.54) is 4.90 Å². The second-order valence-corrected chi connectivity index (χ2v) is 10.6. The maximum atomic E-state index is 13.2. The molecule has 2 fully saturated rings. The average Bonchev–Trinajstić information content (AvgIpc) is 3.21. The van der Waals surface area contributed by atoms with E-state index in [4.69, 9.17) is 4.74 Å². The van der Waals surface area contributed by atoms with Gasteiger partial charge in [0.15, 0.2) is 0 Å². The van der Waals surface area contributed by atoms with E-state index in [1.807, 2.05) is 24.3 Å². The van der Waals surface area contributed by atoms with Crippen LogP contribution < -0.4 is 10.1 Å². The fraction of sp³-hybridized carbons (Fsp3) is 0.483. The number of likely N-dealkylation sites (tertiary alicyclic amines) is 1. The van der Waals surface area contributed by atoms with E-state index in [1.54, 1.807) is 18.2 Å². The van der Waals surface area contributed by atoms with Crippen LogP contribution in [0, 0.1) is 5.92 Å². The van der Waals surface area contributed by atoms with Crippen molar-refractivity contribution in [2.75, 3.05) is 13.1 Å². The Morgan fingerprint density at radius 1 is 0.923 bits per heavy atom. The van der Waals surface area contributed by atoms with Crippen LogP contribution in [0.3, 0.4) is 0 Å². The SMILES string of the molecule is O=C1CCC(N2Cc3c(OCc4ccc(CN5CCCC[C@H](C(F)(F)F)CC5)cc4)cccc3C2=O)C(=O)N1. The van der Waals surface area contributed by atoms with Crippen LogP contribution in [0.2, 0.25) is 0 Å². The summed E-state index contributed by atoms with van der Waals surface area (Å²) in [5.74, 6) is -1.68. The number of amides is 3. The number of hydrogen-bond donors (Lipinski definition) is 1. The Bertz CT molecular complexity index is 1230. The Hall–Kier alpha value is -3.40. The fourth-order valence-electron chi connectivity index (χ4n) is 5.66. The van der Waals surface area contributed by atoms with E-state index in [0.717, 1.165) is 29.7 Å². The largest absolute Gasteiger partial charge is 0.489 e. The minimum absolute atomic E-state index is 0.139. The molecule has 5 rings (SSSR count). The summed E-state index contributed by atoms with van der Waals surface area (Å²) < 4.78 is 45.7. The van der Waals surface area contributed by atoms with E-state index in [-0.39, 0.29) is 44.2 Å². The Morgan fingerprint density at radius 2 is 1.69 bits per heavy atom. The number of halogens is 3. The van der Waals surface area contributed by atoms with Crippen LogP contribution in [0.4, 0.5) is 13.2 Å². The summed E-state index contributed by atoms with van der Waals surface area (Å²) in [4.78, 5) is 40.4. The lowest BCUT2D eigenvalue weighted by Crippen LogP contribution is -2.52. The van der Waals surface area contributed by atoms with Crippen LogP contribution >= 0.6 is 0 Å². The monoisotopic (exact) mass is 543 g/mol. The molecule has 1 unspecified atom stereocenters. The third kappa shape index (κ3) is 6.27. The van der Waals surface area contributed by atoms with Gasteiger partial charge in [0.05, 0.1) is 12.5 Å². The van der Waals surface area contributed by atoms with E-state index in [0.29, 0.717) is 37.2 Å². The van der Waals surface area contributed by atoms with Crippen LogP contribution in [-0.4, -0.2) is 52.8 Å². The average molecular weight is 544 g/mol. The van der Waals surface area contributed by atoms with E-state index in [9.17, 15) is 27.6 Å². The predicted octanol–water partition coefficient (Wildman–Crippen LogP) is 4.58. The van der Waals surface area contributed by atoms with Gasteiger partial charge in [-0.3, -0.25) is 24.6 Å². The molecule has 3 aliphatic heterocycles. The minimum Gasteiger partial charge on any atom is -0.489 e. The van der Waals surface area contributed by atoms with Crippen molar-refractivity contribution in [1.82, 2.24) is 15.1 Å². The number of ether oxygens (including phenoxy) is 1. The molecule has 7 nitrogen and oxygen atoms in total. The molecule has 2 atom stereocenters. The first-order chi connectivity index (χ1) is 18.7. The molecule has 3 aliphatic rings. The van der Waals surface area contributed by atoms with Crippen molar-refractivity contribution >= 4 is 17.7 Å². The number of carbonyl (C=O) groups excluding carboxylic acids is 3. The Morgan fingerprint density at radius 3 is 2.44 bits per heavy atom. The number of rotatable bonds is 6. The van der Waals surface area contributed by atoms with Gasteiger partial charge in [0.2, 0.25) is 11.8 Å². The molecule has 2 aromatic rings. The molecule has 2 aromatic carbocycles. The van der Waals surface area contributed by atoms with Gasteiger partial charge in [-0.15, -0.1) is 0 Å². The van der Waals surface area contributed by atoms with Crippen LogP contribution in [0.1, 0.15) is 65.6 Å². The fourth-order valence-corrected chi connectivity index (χ4v) is 5.66. The van der Waals surface area contributed by atoms with E-state index < -0.39 is 24.0 Å². The molecule has 0 spiro atoms. The molecular weight excluding hydrogens is 511 g/mol. The molecule has 208 valence electrons. The topological polar surface area (TPSA) is 79.0 Å². The molecule has 0 saturated carbocycles. The Labute approximate surface area is 225 Å². The minimum atomic E-state index is -4.12. The Balaban J connectivity index is 1.18. The third-order valence-corrected chi connectivity index (χ3v) is 7.90. The predicted molar refractivity (Wildman–Crippen MR) is 137 cm³/mol. The van der Waals surface area contributed by atoms with Gasteiger partial charge in [0.25, 0.3) is 5.91 Å². The zero-order valence-electron chi connectivity index (χ0n) is 21.6. The van der Waals surface area contributed by atoms with Crippen LogP contribution in [-0.2, 0) is 29.3 Å². The number of imide groups is 1. The number of nitrogens with zero attached hydrogens (tertiary/aromatic N) is 2. The highest BCUT2D eigenvalue weighted by molar-refractivity contribution is 6.05. The van der Waals surface area contributed by atoms with Gasteiger partial charge >= 0.3 is 6.18 Å². The van der Waals surface area contributed by atoms with E-state index >= 15 is 0 Å². The number of nitrogens with one attached hydrogen (secondary N) is 1. The number of hydrogen-bond acceptors (Lipinski definition) is 5. The summed E-state index contributed by atoms with van der Waals surface area (Å²) in [7, 11) is 0. The highest BCUT2D eigenvalue weighted by atomic mass is 19.4. The summed E-state index contributed by atoms with van der Waals surface area (Å²) in [6.45, 7) is 2.35. The summed E-state index contributed by atoms with van der Waals surface area (Å²) in [5, 5.41) is 2.31. The normalized spacial score (nSPS) is 22.7. The highest BCUT2D eigenvalue weighted by Crippen LogP contribution is 2.35. The summed E-state index contributed by atoms with van der Waals surface area (Å²) >= 11 is 0. The van der Waals surface area contributed by atoms with Gasteiger partial charge in [0, 0.05) is 24.1 Å². The number of fused-ring (bicyclic) bond motifs is 1. The molecule has 0 radical (unpaired) electrons. The molecular formula is C29H32F3N3O4. The maximum Gasteiger partial charge on any atom is 0.391 e. The maximum absolute atomic E-state index is 13.2. The van der Waals surface area contributed by atoms with Gasteiger partial charge in [-0.2, -0.15) is 13.2 Å². The molecule has 0 aliphatic carbocycles. The van der Waals surface area contributed by atoms with Crippen molar-refractivity contribution in [2.45, 2.75) is 70.4 Å². The lowest BCUT2D eigenvalue weighted by atomic mass is 9.95. The van der Waals surface area contributed by atoms with Gasteiger partial charge in [-0.05, 0) is 62.0 Å². The first-order valence-corrected chi connectivity index (χ1v) is 13.5. The van der Waals surface area contributed by atoms with Gasteiger partial charge in [0.1, 0.15) is 18.4 Å². The molecule has 0 bridgehead atoms. The van der Waals surface area contributed by atoms with Crippen LogP contribution in [0.5, 0.6) is 5.75 Å². The standard InChI is InChI=1S/C29H32F3N3O4/c30-29(31,32)21-4-1-2-14-34(15-13-21)16-19-7-9-20(10-8-19)18-39-25-6-3-5-22-23(25)17-35(28(22)38)24-11-12-26(36)33-27(24)37/h3,5-10,21,24H,1-2,4,11-18H2,(H,33,36,37)/t21-,24?/m0/s1. The van der Waals surface area contributed by atoms with Crippen molar-refractivity contribution in [3.05, 3.63) is 64.7 Å². The van der Waals surface area contributed by atoms with Crippen molar-refractivity contribution in [2.24, 2.45) is 5.92 Å². The molecule has 3 amide bonds. The first kappa shape index (κ1) is 27.2. The van der Waals surface area contributed by atoms with Crippen molar-refractivity contribution in [3.8, 4) is 5.75 Å². The smallest absolute Gasteiger partial charge is 0.391 e. The first-order valence-electron chi connectivity index (χ1n) is 13.5. The lowest BCUT2D eigenvalue weighted by Gasteiger charge is -2.29. The summed E-state index contributed by atoms with van der Waals surface area (Å²) in [6, 6.07) is 12.4. The van der Waals surface area contributed by atoms with Gasteiger partial charge < -0.3 is 9.64 Å². The van der Waals surface area contributed by atoms with Gasteiger partial charge in [-0.1, -0.05) is 36.8 Å². The number of alkyl halides is 3. The molecule has 2 saturated heterocycles.